The summed E-state index contributed by atoms with van der Waals surface area (Å²) < 4.78 is 4.75. The lowest BCUT2D eigenvalue weighted by Gasteiger charge is -2.17. The summed E-state index contributed by atoms with van der Waals surface area (Å²) in [7, 11) is 0. The van der Waals surface area contributed by atoms with Gasteiger partial charge in [0.2, 0.25) is 0 Å². The second-order valence-electron chi connectivity index (χ2n) is 4.56. The molecule has 0 fully saturated rings. The zero-order valence-electron chi connectivity index (χ0n) is 11.0. The topological polar surface area (TPSA) is 82.1 Å². The number of carboxylic acids is 1. The van der Waals surface area contributed by atoms with E-state index in [-0.39, 0.29) is 12.2 Å². The van der Waals surface area contributed by atoms with Crippen molar-refractivity contribution in [3.8, 4) is 0 Å². The summed E-state index contributed by atoms with van der Waals surface area (Å²) in [4.78, 5) is 31.0. The van der Waals surface area contributed by atoms with Gasteiger partial charge in [-0.15, -0.1) is 0 Å². The number of carboxylic acid groups (broad SMARTS) is 1. The largest absolute Gasteiger partial charge is 0.478 e. The van der Waals surface area contributed by atoms with Crippen molar-refractivity contribution >= 4 is 11.9 Å². The van der Waals surface area contributed by atoms with Gasteiger partial charge in [-0.2, -0.15) is 0 Å². The number of rotatable bonds is 8. The van der Waals surface area contributed by atoms with Crippen LogP contribution in [0.3, 0.4) is 0 Å². The molecule has 0 aliphatic carbocycles. The van der Waals surface area contributed by atoms with Gasteiger partial charge < -0.3 is 9.84 Å². The highest BCUT2D eigenvalue weighted by Crippen LogP contribution is 2.07. The average molecular weight is 260 g/mol. The van der Waals surface area contributed by atoms with E-state index in [1.165, 1.54) is 0 Å². The third-order valence-corrected chi connectivity index (χ3v) is 1.54. The maximum Gasteiger partial charge on any atom is 0.331 e. The molecule has 6 nitrogen and oxygen atoms in total. The second kappa shape index (κ2) is 8.66. The van der Waals surface area contributed by atoms with Gasteiger partial charge in [-0.25, -0.2) is 19.4 Å². The van der Waals surface area contributed by atoms with E-state index in [4.69, 9.17) is 19.6 Å². The number of esters is 1. The standard InChI is InChI=1S/C12H20O6/c1-12(2,3)18-17-9-5-4-8-16-11(15)7-6-10(13)14/h6-7H,4-5,8-9H2,1-3H3,(H,13,14)/b7-6+. The highest BCUT2D eigenvalue weighted by molar-refractivity contribution is 5.90. The molecule has 0 bridgehead atoms. The van der Waals surface area contributed by atoms with Gasteiger partial charge in [0.15, 0.2) is 0 Å². The van der Waals surface area contributed by atoms with Crippen molar-refractivity contribution in [2.45, 2.75) is 39.2 Å². The Morgan fingerprint density at radius 1 is 1.11 bits per heavy atom. The molecule has 0 aromatic rings. The molecule has 1 N–H and O–H groups in total. The second-order valence-corrected chi connectivity index (χ2v) is 4.56. The van der Waals surface area contributed by atoms with E-state index in [0.29, 0.717) is 19.4 Å². The Balaban J connectivity index is 3.41. The van der Waals surface area contributed by atoms with Crippen molar-refractivity contribution in [2.24, 2.45) is 0 Å². The molecule has 0 radical (unpaired) electrons. The number of hydrogen-bond acceptors (Lipinski definition) is 5. The lowest BCUT2D eigenvalue weighted by molar-refractivity contribution is -0.348. The van der Waals surface area contributed by atoms with Gasteiger partial charge in [-0.1, -0.05) is 0 Å². The van der Waals surface area contributed by atoms with Crippen LogP contribution >= 0.6 is 0 Å². The fourth-order valence-corrected chi connectivity index (χ4v) is 0.842. The van der Waals surface area contributed by atoms with Crippen molar-refractivity contribution in [3.05, 3.63) is 12.2 Å². The predicted octanol–water partition coefficient (Wildman–Crippen LogP) is 1.70. The minimum Gasteiger partial charge on any atom is -0.478 e. The number of carbonyl (C=O) groups is 2. The molecule has 0 saturated carbocycles. The first kappa shape index (κ1) is 16.6. The molecule has 0 saturated heterocycles. The summed E-state index contributed by atoms with van der Waals surface area (Å²) in [6.45, 7) is 6.28. The fourth-order valence-electron chi connectivity index (χ4n) is 0.842. The summed E-state index contributed by atoms with van der Waals surface area (Å²) in [6, 6.07) is 0. The van der Waals surface area contributed by atoms with E-state index < -0.39 is 11.9 Å². The molecule has 0 rings (SSSR count). The molecule has 0 amide bonds. The van der Waals surface area contributed by atoms with Gasteiger partial charge in [0, 0.05) is 12.2 Å². The van der Waals surface area contributed by atoms with Crippen LogP contribution in [0.5, 0.6) is 0 Å². The van der Waals surface area contributed by atoms with Crippen LogP contribution in [0.4, 0.5) is 0 Å². The molecule has 6 heteroatoms. The first-order valence-corrected chi connectivity index (χ1v) is 5.69. The van der Waals surface area contributed by atoms with Crippen molar-refractivity contribution in [2.75, 3.05) is 13.2 Å². The van der Waals surface area contributed by atoms with E-state index in [9.17, 15) is 9.59 Å². The van der Waals surface area contributed by atoms with Gasteiger partial charge in [-0.05, 0) is 33.6 Å². The Morgan fingerprint density at radius 3 is 2.28 bits per heavy atom. The molecular formula is C12H20O6. The minimum atomic E-state index is -1.18. The molecule has 18 heavy (non-hydrogen) atoms. The highest BCUT2D eigenvalue weighted by Gasteiger charge is 2.10. The van der Waals surface area contributed by atoms with Gasteiger partial charge in [0.05, 0.1) is 18.8 Å². The Labute approximate surface area is 106 Å². The maximum absolute atomic E-state index is 10.9. The molecular weight excluding hydrogens is 240 g/mol. The molecule has 0 aliphatic rings. The fraction of sp³-hybridized carbons (Fsp3) is 0.667. The van der Waals surface area contributed by atoms with Crippen LogP contribution in [0.15, 0.2) is 12.2 Å². The van der Waals surface area contributed by atoms with E-state index in [2.05, 4.69) is 0 Å². The molecule has 0 atom stereocenters. The third kappa shape index (κ3) is 12.7. The van der Waals surface area contributed by atoms with Crippen LogP contribution in [0.25, 0.3) is 0 Å². The van der Waals surface area contributed by atoms with E-state index in [1.807, 2.05) is 20.8 Å². The summed E-state index contributed by atoms with van der Waals surface area (Å²) >= 11 is 0. The van der Waals surface area contributed by atoms with Crippen molar-refractivity contribution < 1.29 is 29.2 Å². The van der Waals surface area contributed by atoms with E-state index in [1.54, 1.807) is 0 Å². The van der Waals surface area contributed by atoms with Crippen molar-refractivity contribution in [1.29, 1.82) is 0 Å². The molecule has 0 unspecified atom stereocenters. The molecule has 0 spiro atoms. The molecule has 0 aromatic heterocycles. The number of unbranched alkanes of at least 4 members (excludes halogenated alkanes) is 1. The summed E-state index contributed by atoms with van der Waals surface area (Å²) in [6.07, 6.45) is 2.93. The van der Waals surface area contributed by atoms with Crippen LogP contribution in [-0.4, -0.2) is 35.9 Å². The van der Waals surface area contributed by atoms with Crippen LogP contribution in [0.1, 0.15) is 33.6 Å². The molecule has 0 aromatic carbocycles. The summed E-state index contributed by atoms with van der Waals surface area (Å²) in [5.74, 6) is -1.84. The SMILES string of the molecule is CC(C)(C)OOCCCCOC(=O)/C=C/C(=O)O. The lowest BCUT2D eigenvalue weighted by atomic mass is 10.2. The summed E-state index contributed by atoms with van der Waals surface area (Å²) in [5.41, 5.74) is -0.339. The van der Waals surface area contributed by atoms with Crippen LogP contribution < -0.4 is 0 Å². The molecule has 104 valence electrons. The Kier molecular flexibility index (Phi) is 7.98. The van der Waals surface area contributed by atoms with Gasteiger partial charge >= 0.3 is 11.9 Å². The predicted molar refractivity (Wildman–Crippen MR) is 63.8 cm³/mol. The Bertz CT molecular complexity index is 289. The van der Waals surface area contributed by atoms with Gasteiger partial charge in [0.1, 0.15) is 0 Å². The quantitative estimate of drug-likeness (QED) is 0.235. The third-order valence-electron chi connectivity index (χ3n) is 1.54. The molecule has 0 aliphatic heterocycles. The van der Waals surface area contributed by atoms with Crippen molar-refractivity contribution in [1.82, 2.24) is 0 Å². The lowest BCUT2D eigenvalue weighted by Crippen LogP contribution is -2.19. The summed E-state index contributed by atoms with van der Waals surface area (Å²) in [5, 5.41) is 8.27. The highest BCUT2D eigenvalue weighted by atomic mass is 17.2. The van der Waals surface area contributed by atoms with Crippen LogP contribution in [0.2, 0.25) is 0 Å². The van der Waals surface area contributed by atoms with Gasteiger partial charge in [-0.3, -0.25) is 0 Å². The molecule has 0 heterocycles. The first-order valence-electron chi connectivity index (χ1n) is 5.69. The zero-order valence-corrected chi connectivity index (χ0v) is 11.0. The zero-order chi connectivity index (χ0) is 14.0. The smallest absolute Gasteiger partial charge is 0.331 e. The maximum atomic E-state index is 10.9. The van der Waals surface area contributed by atoms with Crippen LogP contribution in [0, 0.1) is 0 Å². The van der Waals surface area contributed by atoms with Gasteiger partial charge in [0.25, 0.3) is 0 Å². The minimum absolute atomic E-state index is 0.224. The van der Waals surface area contributed by atoms with E-state index in [0.717, 1.165) is 12.2 Å². The van der Waals surface area contributed by atoms with Crippen LogP contribution in [-0.2, 0) is 24.1 Å². The van der Waals surface area contributed by atoms with Crippen molar-refractivity contribution in [3.63, 3.8) is 0 Å². The number of aliphatic carboxylic acids is 1. The Morgan fingerprint density at radius 2 is 1.72 bits per heavy atom. The van der Waals surface area contributed by atoms with E-state index >= 15 is 0 Å². The number of carbonyl (C=O) groups excluding carboxylic acids is 1. The Hall–Kier alpha value is -1.40. The number of hydrogen-bond donors (Lipinski definition) is 1. The number of ether oxygens (including phenoxy) is 1. The normalized spacial score (nSPS) is 11.7. The average Bonchev–Trinajstić information content (AvgIpc) is 2.23. The monoisotopic (exact) mass is 260 g/mol. The first-order chi connectivity index (χ1) is 8.31.